The van der Waals surface area contributed by atoms with Crippen molar-refractivity contribution in [2.24, 2.45) is 0 Å². The Morgan fingerprint density at radius 3 is 2.33 bits per heavy atom. The van der Waals surface area contributed by atoms with Gasteiger partial charge in [0.1, 0.15) is 5.82 Å². The molecule has 0 bridgehead atoms. The predicted molar refractivity (Wildman–Crippen MR) is 101 cm³/mol. The van der Waals surface area contributed by atoms with E-state index in [-0.39, 0.29) is 4.90 Å². The summed E-state index contributed by atoms with van der Waals surface area (Å²) < 4.78 is 40.5. The molecule has 1 aromatic heterocycles. The lowest BCUT2D eigenvalue weighted by Gasteiger charge is -2.19. The summed E-state index contributed by atoms with van der Waals surface area (Å²) >= 11 is 0. The third-order valence-electron chi connectivity index (χ3n) is 5.34. The van der Waals surface area contributed by atoms with Crippen molar-refractivity contribution >= 4 is 16.0 Å². The second-order valence-electron chi connectivity index (χ2n) is 7.09. The van der Waals surface area contributed by atoms with Crippen LogP contribution in [0.25, 0.3) is 0 Å². The van der Waals surface area contributed by atoms with Gasteiger partial charge in [-0.15, -0.1) is 0 Å². The van der Waals surface area contributed by atoms with Crippen LogP contribution in [-0.2, 0) is 22.9 Å². The van der Waals surface area contributed by atoms with Gasteiger partial charge in [-0.2, -0.15) is 4.31 Å². The maximum Gasteiger partial charge on any atom is 0.243 e. The van der Waals surface area contributed by atoms with Crippen LogP contribution in [0, 0.1) is 12.7 Å². The molecule has 2 aliphatic rings. The zero-order valence-electron chi connectivity index (χ0n) is 15.4. The Bertz CT molecular complexity index is 941. The number of rotatable bonds is 3. The molecule has 2 aliphatic heterocycles. The molecule has 0 saturated carbocycles. The fourth-order valence-corrected chi connectivity index (χ4v) is 5.25. The first-order chi connectivity index (χ1) is 12.9. The number of anilines is 1. The quantitative estimate of drug-likeness (QED) is 0.805. The van der Waals surface area contributed by atoms with E-state index in [0.717, 1.165) is 48.8 Å². The van der Waals surface area contributed by atoms with Gasteiger partial charge in [0.25, 0.3) is 0 Å². The largest absolute Gasteiger partial charge is 0.341 e. The Kier molecular flexibility index (Phi) is 4.86. The van der Waals surface area contributed by atoms with Crippen molar-refractivity contribution in [3.05, 3.63) is 47.0 Å². The molecule has 0 aliphatic carbocycles. The number of hydrogen-bond donors (Lipinski definition) is 0. The van der Waals surface area contributed by atoms with Gasteiger partial charge in [0.05, 0.1) is 10.6 Å². The molecule has 0 radical (unpaired) electrons. The third-order valence-corrected chi connectivity index (χ3v) is 7.25. The topological polar surface area (TPSA) is 66.4 Å². The molecular weight excluding hydrogens is 367 g/mol. The predicted octanol–water partition coefficient (Wildman–Crippen LogP) is 2.31. The summed E-state index contributed by atoms with van der Waals surface area (Å²) in [5, 5.41) is 0. The number of benzene rings is 1. The van der Waals surface area contributed by atoms with E-state index in [1.807, 2.05) is 6.92 Å². The van der Waals surface area contributed by atoms with Crippen LogP contribution in [0.5, 0.6) is 0 Å². The van der Waals surface area contributed by atoms with Crippen molar-refractivity contribution < 1.29 is 12.8 Å². The first-order valence-electron chi connectivity index (χ1n) is 9.32. The summed E-state index contributed by atoms with van der Waals surface area (Å²) in [7, 11) is -3.65. The van der Waals surface area contributed by atoms with Crippen LogP contribution >= 0.6 is 0 Å². The highest BCUT2D eigenvalue weighted by molar-refractivity contribution is 7.89. The van der Waals surface area contributed by atoms with Crippen LogP contribution in [0.3, 0.4) is 0 Å². The van der Waals surface area contributed by atoms with Crippen LogP contribution < -0.4 is 4.90 Å². The highest BCUT2D eigenvalue weighted by Crippen LogP contribution is 2.25. The van der Waals surface area contributed by atoms with E-state index in [4.69, 9.17) is 4.98 Å². The summed E-state index contributed by atoms with van der Waals surface area (Å²) in [6.07, 6.45) is 3.45. The second kappa shape index (κ2) is 7.16. The van der Waals surface area contributed by atoms with Crippen LogP contribution in [-0.4, -0.2) is 48.9 Å². The van der Waals surface area contributed by atoms with Crippen molar-refractivity contribution in [2.75, 3.05) is 31.1 Å². The summed E-state index contributed by atoms with van der Waals surface area (Å²) in [5.41, 5.74) is 2.93. The molecule has 1 aromatic carbocycles. The Hall–Kier alpha value is -2.06. The fourth-order valence-electron chi connectivity index (χ4n) is 3.80. The van der Waals surface area contributed by atoms with Crippen molar-refractivity contribution in [2.45, 2.75) is 37.5 Å². The van der Waals surface area contributed by atoms with Gasteiger partial charge in [0, 0.05) is 38.3 Å². The zero-order chi connectivity index (χ0) is 19.0. The van der Waals surface area contributed by atoms with Crippen molar-refractivity contribution in [1.82, 2.24) is 14.3 Å². The first-order valence-corrected chi connectivity index (χ1v) is 10.8. The van der Waals surface area contributed by atoms with Crippen LogP contribution in [0.1, 0.15) is 29.8 Å². The second-order valence-corrected chi connectivity index (χ2v) is 9.02. The number of sulfonamides is 1. The zero-order valence-corrected chi connectivity index (χ0v) is 16.2. The molecule has 2 aromatic rings. The normalized spacial score (nSPS) is 18.4. The molecule has 8 heteroatoms. The minimum absolute atomic E-state index is 0.121. The molecule has 6 nitrogen and oxygen atoms in total. The molecule has 0 spiro atoms. The highest BCUT2D eigenvalue weighted by atomic mass is 32.2. The Labute approximate surface area is 159 Å². The van der Waals surface area contributed by atoms with Crippen LogP contribution in [0.4, 0.5) is 10.3 Å². The van der Waals surface area contributed by atoms with E-state index in [1.165, 1.54) is 28.6 Å². The molecule has 1 fully saturated rings. The van der Waals surface area contributed by atoms with Gasteiger partial charge in [-0.1, -0.05) is 0 Å². The monoisotopic (exact) mass is 390 g/mol. The van der Waals surface area contributed by atoms with E-state index in [1.54, 1.807) is 0 Å². The maximum absolute atomic E-state index is 13.1. The van der Waals surface area contributed by atoms with Gasteiger partial charge in [-0.05, 0) is 56.0 Å². The van der Waals surface area contributed by atoms with Gasteiger partial charge < -0.3 is 4.90 Å². The van der Waals surface area contributed by atoms with Gasteiger partial charge in [0.15, 0.2) is 0 Å². The summed E-state index contributed by atoms with van der Waals surface area (Å²) in [4.78, 5) is 11.8. The minimum Gasteiger partial charge on any atom is -0.341 e. The molecule has 3 heterocycles. The third kappa shape index (κ3) is 3.55. The summed E-state index contributed by atoms with van der Waals surface area (Å²) in [6.45, 7) is 4.67. The highest BCUT2D eigenvalue weighted by Gasteiger charge is 2.28. The lowest BCUT2D eigenvalue weighted by molar-refractivity contribution is 0.426. The van der Waals surface area contributed by atoms with E-state index in [2.05, 4.69) is 9.88 Å². The standard InChI is InChI=1S/C19H23FN4O2S/c1-14-17-8-12-24(27(25,26)16-6-4-15(20)5-7-16)13-9-18(17)22-19(21-14)23-10-2-3-11-23/h4-7H,2-3,8-13H2,1H3. The summed E-state index contributed by atoms with van der Waals surface area (Å²) in [5.74, 6) is 0.316. The number of halogens is 1. The van der Waals surface area contributed by atoms with E-state index in [0.29, 0.717) is 25.9 Å². The maximum atomic E-state index is 13.1. The average molecular weight is 390 g/mol. The number of nitrogens with zero attached hydrogens (tertiary/aromatic N) is 4. The Morgan fingerprint density at radius 1 is 0.963 bits per heavy atom. The van der Waals surface area contributed by atoms with Crippen LogP contribution in [0.15, 0.2) is 29.2 Å². The Balaban J connectivity index is 1.59. The molecular formula is C19H23FN4O2S. The molecule has 0 amide bonds. The molecule has 0 atom stereocenters. The molecule has 144 valence electrons. The van der Waals surface area contributed by atoms with Crippen molar-refractivity contribution in [3.8, 4) is 0 Å². The molecule has 1 saturated heterocycles. The fraction of sp³-hybridized carbons (Fsp3) is 0.474. The van der Waals surface area contributed by atoms with Gasteiger partial charge in [-0.3, -0.25) is 0 Å². The molecule has 27 heavy (non-hydrogen) atoms. The lowest BCUT2D eigenvalue weighted by Crippen LogP contribution is -2.33. The average Bonchev–Trinajstić information content (AvgIpc) is 3.09. The van der Waals surface area contributed by atoms with E-state index >= 15 is 0 Å². The van der Waals surface area contributed by atoms with Crippen molar-refractivity contribution in [1.29, 1.82) is 0 Å². The number of hydrogen-bond acceptors (Lipinski definition) is 5. The van der Waals surface area contributed by atoms with Crippen LogP contribution in [0.2, 0.25) is 0 Å². The Morgan fingerprint density at radius 2 is 1.63 bits per heavy atom. The van der Waals surface area contributed by atoms with Gasteiger partial charge >= 0.3 is 0 Å². The lowest BCUT2D eigenvalue weighted by atomic mass is 10.1. The van der Waals surface area contributed by atoms with E-state index < -0.39 is 15.8 Å². The first kappa shape index (κ1) is 18.3. The minimum atomic E-state index is -3.65. The molecule has 0 N–H and O–H groups in total. The number of aromatic nitrogens is 2. The van der Waals surface area contributed by atoms with Crippen molar-refractivity contribution in [3.63, 3.8) is 0 Å². The number of aryl methyl sites for hydroxylation is 1. The molecule has 0 unspecified atom stereocenters. The SMILES string of the molecule is Cc1nc(N2CCCC2)nc2c1CCN(S(=O)(=O)c1ccc(F)cc1)CC2. The number of fused-ring (bicyclic) bond motifs is 1. The van der Waals surface area contributed by atoms with Gasteiger partial charge in [-0.25, -0.2) is 22.8 Å². The van der Waals surface area contributed by atoms with Gasteiger partial charge in [0.2, 0.25) is 16.0 Å². The smallest absolute Gasteiger partial charge is 0.243 e. The molecule has 4 rings (SSSR count). The summed E-state index contributed by atoms with van der Waals surface area (Å²) in [6, 6.07) is 4.99. The van der Waals surface area contributed by atoms with E-state index in [9.17, 15) is 12.8 Å².